The van der Waals surface area contributed by atoms with Crippen molar-refractivity contribution in [2.45, 2.75) is 20.3 Å². The van der Waals surface area contributed by atoms with Crippen LogP contribution in [0.4, 0.5) is 5.69 Å². The summed E-state index contributed by atoms with van der Waals surface area (Å²) in [6.07, 6.45) is 0.188. The Balaban J connectivity index is 1.59. The van der Waals surface area contributed by atoms with E-state index >= 15 is 0 Å². The third-order valence-electron chi connectivity index (χ3n) is 3.84. The van der Waals surface area contributed by atoms with Gasteiger partial charge in [0.1, 0.15) is 5.75 Å². The molecule has 0 spiro atoms. The molecule has 0 unspecified atom stereocenters. The van der Waals surface area contributed by atoms with Crippen molar-refractivity contribution >= 4 is 34.8 Å². The summed E-state index contributed by atoms with van der Waals surface area (Å²) < 4.78 is 7.16. The van der Waals surface area contributed by atoms with Crippen LogP contribution in [0, 0.1) is 13.8 Å². The minimum absolute atomic E-state index is 0.168. The first-order valence-corrected chi connectivity index (χ1v) is 8.93. The van der Waals surface area contributed by atoms with Crippen LogP contribution in [0.5, 0.6) is 5.75 Å². The Kier molecular flexibility index (Phi) is 5.93. The number of halogens is 2. The quantitative estimate of drug-likeness (QED) is 0.670. The second kappa shape index (κ2) is 8.37. The number of amides is 1. The second-order valence-electron chi connectivity index (χ2n) is 5.86. The third-order valence-corrected chi connectivity index (χ3v) is 4.57. The van der Waals surface area contributed by atoms with Gasteiger partial charge in [0, 0.05) is 11.8 Å². The number of aromatic nitrogens is 4. The first-order chi connectivity index (χ1) is 12.9. The largest absolute Gasteiger partial charge is 0.493 e. The highest BCUT2D eigenvalue weighted by atomic mass is 35.5. The van der Waals surface area contributed by atoms with E-state index in [1.807, 2.05) is 32.0 Å². The Morgan fingerprint density at radius 1 is 1.15 bits per heavy atom. The summed E-state index contributed by atoms with van der Waals surface area (Å²) in [7, 11) is 0. The molecule has 1 heterocycles. The Bertz CT molecular complexity index is 974. The SMILES string of the molecule is Cc1ccc(NC(=O)CCOc2ccc(Cl)c(Cl)c2)cc1-n1nnnc1C. The molecule has 0 saturated carbocycles. The van der Waals surface area contributed by atoms with Gasteiger partial charge in [0.2, 0.25) is 5.91 Å². The molecule has 2 aromatic carbocycles. The van der Waals surface area contributed by atoms with Gasteiger partial charge in [0.05, 0.1) is 28.8 Å². The zero-order valence-corrected chi connectivity index (χ0v) is 16.3. The number of carbonyl (C=O) groups is 1. The van der Waals surface area contributed by atoms with E-state index in [0.717, 1.165) is 11.3 Å². The molecule has 1 N–H and O–H groups in total. The molecule has 0 fully saturated rings. The highest BCUT2D eigenvalue weighted by molar-refractivity contribution is 6.42. The Labute approximate surface area is 166 Å². The molecular weight excluding hydrogens is 389 g/mol. The van der Waals surface area contributed by atoms with Crippen LogP contribution >= 0.6 is 23.2 Å². The molecule has 27 heavy (non-hydrogen) atoms. The number of nitrogens with one attached hydrogen (secondary N) is 1. The lowest BCUT2D eigenvalue weighted by atomic mass is 10.1. The van der Waals surface area contributed by atoms with Gasteiger partial charge in [-0.2, -0.15) is 4.68 Å². The van der Waals surface area contributed by atoms with E-state index in [0.29, 0.717) is 27.3 Å². The standard InChI is InChI=1S/C18H17Cl2N5O2/c1-11-3-4-13(9-17(11)25-12(2)22-23-24-25)21-18(26)7-8-27-14-5-6-15(19)16(20)10-14/h3-6,9-10H,7-8H2,1-2H3,(H,21,26). The molecule has 9 heteroatoms. The number of tetrazole rings is 1. The number of ether oxygens (including phenoxy) is 1. The number of anilines is 1. The van der Waals surface area contributed by atoms with E-state index < -0.39 is 0 Å². The maximum absolute atomic E-state index is 12.2. The molecule has 3 rings (SSSR count). The third kappa shape index (κ3) is 4.75. The van der Waals surface area contributed by atoms with Crippen LogP contribution < -0.4 is 10.1 Å². The molecular formula is C18H17Cl2N5O2. The molecule has 3 aromatic rings. The first kappa shape index (κ1) is 19.1. The van der Waals surface area contributed by atoms with Gasteiger partial charge in [-0.25, -0.2) is 0 Å². The van der Waals surface area contributed by atoms with Crippen molar-refractivity contribution in [3.05, 3.63) is 57.8 Å². The predicted octanol–water partition coefficient (Wildman–Crippen LogP) is 3.99. The number of hydrogen-bond acceptors (Lipinski definition) is 5. The summed E-state index contributed by atoms with van der Waals surface area (Å²) in [5.74, 6) is 1.05. The fourth-order valence-electron chi connectivity index (χ4n) is 2.42. The van der Waals surface area contributed by atoms with E-state index in [4.69, 9.17) is 27.9 Å². The van der Waals surface area contributed by atoms with Gasteiger partial charge in [-0.05, 0) is 54.1 Å². The lowest BCUT2D eigenvalue weighted by Gasteiger charge is -2.11. The summed E-state index contributed by atoms with van der Waals surface area (Å²) in [4.78, 5) is 12.2. The number of rotatable bonds is 6. The lowest BCUT2D eigenvalue weighted by Crippen LogP contribution is -2.15. The van der Waals surface area contributed by atoms with Crippen molar-refractivity contribution < 1.29 is 9.53 Å². The van der Waals surface area contributed by atoms with Crippen LogP contribution in [0.15, 0.2) is 36.4 Å². The van der Waals surface area contributed by atoms with Crippen molar-refractivity contribution in [2.75, 3.05) is 11.9 Å². The molecule has 1 amide bonds. The van der Waals surface area contributed by atoms with Crippen molar-refractivity contribution in [1.29, 1.82) is 0 Å². The van der Waals surface area contributed by atoms with Gasteiger partial charge in [0.15, 0.2) is 5.82 Å². The minimum atomic E-state index is -0.168. The summed E-state index contributed by atoms with van der Waals surface area (Å²) in [6.45, 7) is 3.98. The minimum Gasteiger partial charge on any atom is -0.493 e. The highest BCUT2D eigenvalue weighted by Gasteiger charge is 2.10. The van der Waals surface area contributed by atoms with E-state index in [9.17, 15) is 4.79 Å². The normalized spacial score (nSPS) is 10.7. The number of carbonyl (C=O) groups excluding carboxylic acids is 1. The van der Waals surface area contributed by atoms with Crippen molar-refractivity contribution in [3.8, 4) is 11.4 Å². The lowest BCUT2D eigenvalue weighted by molar-refractivity contribution is -0.116. The van der Waals surface area contributed by atoms with E-state index in [1.165, 1.54) is 0 Å². The Hall–Kier alpha value is -2.64. The van der Waals surface area contributed by atoms with Gasteiger partial charge in [-0.3, -0.25) is 4.79 Å². The summed E-state index contributed by atoms with van der Waals surface area (Å²) in [6, 6.07) is 10.5. The van der Waals surface area contributed by atoms with Crippen LogP contribution in [0.2, 0.25) is 10.0 Å². The van der Waals surface area contributed by atoms with E-state index in [2.05, 4.69) is 20.8 Å². The molecule has 0 aliphatic heterocycles. The van der Waals surface area contributed by atoms with Gasteiger partial charge in [0.25, 0.3) is 0 Å². The van der Waals surface area contributed by atoms with Crippen molar-refractivity contribution in [3.63, 3.8) is 0 Å². The monoisotopic (exact) mass is 405 g/mol. The van der Waals surface area contributed by atoms with E-state index in [-0.39, 0.29) is 18.9 Å². The van der Waals surface area contributed by atoms with Crippen LogP contribution in [0.1, 0.15) is 17.8 Å². The number of benzene rings is 2. The van der Waals surface area contributed by atoms with Gasteiger partial charge in [-0.1, -0.05) is 29.3 Å². The second-order valence-corrected chi connectivity index (χ2v) is 6.68. The summed E-state index contributed by atoms with van der Waals surface area (Å²) in [5, 5.41) is 15.2. The number of nitrogens with zero attached hydrogens (tertiary/aromatic N) is 4. The highest BCUT2D eigenvalue weighted by Crippen LogP contribution is 2.26. The predicted molar refractivity (Wildman–Crippen MR) is 104 cm³/mol. The summed E-state index contributed by atoms with van der Waals surface area (Å²) in [5.41, 5.74) is 2.46. The molecule has 0 bridgehead atoms. The molecule has 0 saturated heterocycles. The van der Waals surface area contributed by atoms with Gasteiger partial charge >= 0.3 is 0 Å². The van der Waals surface area contributed by atoms with Gasteiger partial charge < -0.3 is 10.1 Å². The van der Waals surface area contributed by atoms with E-state index in [1.54, 1.807) is 22.9 Å². The average molecular weight is 406 g/mol. The fourth-order valence-corrected chi connectivity index (χ4v) is 2.71. The zero-order chi connectivity index (χ0) is 19.4. The number of hydrogen-bond donors (Lipinski definition) is 1. The van der Waals surface area contributed by atoms with Crippen molar-refractivity contribution in [1.82, 2.24) is 20.2 Å². The number of aryl methyl sites for hydroxylation is 2. The van der Waals surface area contributed by atoms with Crippen LogP contribution in [0.25, 0.3) is 5.69 Å². The Morgan fingerprint density at radius 3 is 2.67 bits per heavy atom. The molecule has 140 valence electrons. The molecule has 0 aliphatic rings. The average Bonchev–Trinajstić information content (AvgIpc) is 3.05. The maximum atomic E-state index is 12.2. The molecule has 0 atom stereocenters. The summed E-state index contributed by atoms with van der Waals surface area (Å²) >= 11 is 11.8. The molecule has 0 radical (unpaired) electrons. The smallest absolute Gasteiger partial charge is 0.227 e. The van der Waals surface area contributed by atoms with Gasteiger partial charge in [-0.15, -0.1) is 5.10 Å². The fraction of sp³-hybridized carbons (Fsp3) is 0.222. The van der Waals surface area contributed by atoms with Crippen LogP contribution in [-0.4, -0.2) is 32.7 Å². The molecule has 0 aliphatic carbocycles. The molecule has 7 nitrogen and oxygen atoms in total. The van der Waals surface area contributed by atoms with Crippen molar-refractivity contribution in [2.24, 2.45) is 0 Å². The first-order valence-electron chi connectivity index (χ1n) is 8.18. The topological polar surface area (TPSA) is 81.9 Å². The maximum Gasteiger partial charge on any atom is 0.227 e. The molecule has 1 aromatic heterocycles. The van der Waals surface area contributed by atoms with Crippen LogP contribution in [-0.2, 0) is 4.79 Å². The van der Waals surface area contributed by atoms with Crippen LogP contribution in [0.3, 0.4) is 0 Å². The zero-order valence-electron chi connectivity index (χ0n) is 14.7. The Morgan fingerprint density at radius 2 is 1.96 bits per heavy atom.